The maximum Gasteiger partial charge on any atom is 0.335 e. The van der Waals surface area contributed by atoms with Crippen LogP contribution >= 0.6 is 15.9 Å². The van der Waals surface area contributed by atoms with Gasteiger partial charge in [0.05, 0.1) is 15.7 Å². The number of carbonyl (C=O) groups is 4. The van der Waals surface area contributed by atoms with Gasteiger partial charge in [0, 0.05) is 0 Å². The topological polar surface area (TPSA) is 113 Å². The van der Waals surface area contributed by atoms with E-state index in [1.807, 2.05) is 30.3 Å². The van der Waals surface area contributed by atoms with E-state index in [9.17, 15) is 19.2 Å². The summed E-state index contributed by atoms with van der Waals surface area (Å²) in [5.41, 5.74) is 1.43. The Balaban J connectivity index is 1.56. The summed E-state index contributed by atoms with van der Waals surface area (Å²) in [5, 5.41) is 11.2. The number of hydrogen-bond acceptors (Lipinski definition) is 5. The lowest BCUT2D eigenvalue weighted by molar-refractivity contribution is -0.122. The molecule has 0 unspecified atom stereocenters. The number of barbiturate groups is 1. The number of carboxylic acid groups (broad SMARTS) is 1. The summed E-state index contributed by atoms with van der Waals surface area (Å²) in [7, 11) is 0. The first-order valence-corrected chi connectivity index (χ1v) is 10.8. The fourth-order valence-corrected chi connectivity index (χ4v) is 3.78. The van der Waals surface area contributed by atoms with Crippen LogP contribution in [0.3, 0.4) is 0 Å². The van der Waals surface area contributed by atoms with E-state index >= 15 is 0 Å². The van der Waals surface area contributed by atoms with Crippen molar-refractivity contribution in [3.05, 3.63) is 99.5 Å². The number of carboxylic acids is 1. The van der Waals surface area contributed by atoms with Crippen LogP contribution in [-0.2, 0) is 16.2 Å². The van der Waals surface area contributed by atoms with Gasteiger partial charge in [-0.1, -0.05) is 36.4 Å². The summed E-state index contributed by atoms with van der Waals surface area (Å²) in [6.45, 7) is 0.374. The Morgan fingerprint density at radius 2 is 1.71 bits per heavy atom. The van der Waals surface area contributed by atoms with Crippen molar-refractivity contribution < 1.29 is 29.0 Å². The van der Waals surface area contributed by atoms with Crippen molar-refractivity contribution in [2.45, 2.75) is 6.61 Å². The van der Waals surface area contributed by atoms with Crippen molar-refractivity contribution in [2.24, 2.45) is 0 Å². The van der Waals surface area contributed by atoms with E-state index in [1.165, 1.54) is 30.3 Å². The zero-order chi connectivity index (χ0) is 24.2. The van der Waals surface area contributed by atoms with Crippen molar-refractivity contribution in [3.63, 3.8) is 0 Å². The first kappa shape index (κ1) is 22.9. The van der Waals surface area contributed by atoms with Crippen molar-refractivity contribution in [1.82, 2.24) is 5.32 Å². The number of nitrogens with zero attached hydrogens (tertiary/aromatic N) is 1. The maximum atomic E-state index is 13.0. The summed E-state index contributed by atoms with van der Waals surface area (Å²) in [6, 6.07) is 19.0. The number of hydrogen-bond donors (Lipinski definition) is 2. The Labute approximate surface area is 202 Å². The minimum atomic E-state index is -1.14. The number of anilines is 1. The molecular formula is C25H17BrN2O6. The second-order valence-corrected chi connectivity index (χ2v) is 8.13. The standard InChI is InChI=1S/C25H17BrN2O6/c26-20-13-16(6-11-21(20)34-14-15-4-2-1-3-5-15)12-19-22(29)27-25(33)28(23(19)30)18-9-7-17(8-10-18)24(31)32/h1-13H,14H2,(H,31,32)(H,27,29,33)/b19-12+. The molecule has 34 heavy (non-hydrogen) atoms. The average Bonchev–Trinajstić information content (AvgIpc) is 2.82. The SMILES string of the molecule is O=C1NC(=O)N(c2ccc(C(=O)O)cc2)C(=O)/C1=C/c1ccc(OCc2ccccc2)c(Br)c1. The third-order valence-corrected chi connectivity index (χ3v) is 5.60. The molecule has 2 N–H and O–H groups in total. The quantitative estimate of drug-likeness (QED) is 0.368. The predicted octanol–water partition coefficient (Wildman–Crippen LogP) is 4.39. The summed E-state index contributed by atoms with van der Waals surface area (Å²) in [6.07, 6.45) is 1.37. The molecule has 1 aliphatic rings. The number of imide groups is 2. The van der Waals surface area contributed by atoms with Crippen LogP contribution < -0.4 is 15.0 Å². The molecule has 0 aliphatic carbocycles. The lowest BCUT2D eigenvalue weighted by Gasteiger charge is -2.26. The fraction of sp³-hybridized carbons (Fsp3) is 0.0400. The number of rotatable bonds is 6. The lowest BCUT2D eigenvalue weighted by Crippen LogP contribution is -2.54. The third kappa shape index (κ3) is 4.89. The minimum absolute atomic E-state index is 0.000110. The molecule has 9 heteroatoms. The smallest absolute Gasteiger partial charge is 0.335 e. The number of ether oxygens (including phenoxy) is 1. The van der Waals surface area contributed by atoms with Gasteiger partial charge in [0.2, 0.25) is 0 Å². The van der Waals surface area contributed by atoms with E-state index in [-0.39, 0.29) is 16.8 Å². The van der Waals surface area contributed by atoms with Gasteiger partial charge in [-0.25, -0.2) is 14.5 Å². The number of carbonyl (C=O) groups excluding carboxylic acids is 3. The van der Waals surface area contributed by atoms with Crippen LogP contribution in [-0.4, -0.2) is 28.9 Å². The van der Waals surface area contributed by atoms with Crippen LogP contribution in [0, 0.1) is 0 Å². The Morgan fingerprint density at radius 3 is 2.35 bits per heavy atom. The van der Waals surface area contributed by atoms with E-state index in [2.05, 4.69) is 21.2 Å². The van der Waals surface area contributed by atoms with E-state index in [0.29, 0.717) is 22.4 Å². The second-order valence-electron chi connectivity index (χ2n) is 7.27. The predicted molar refractivity (Wildman–Crippen MR) is 127 cm³/mol. The molecule has 0 spiro atoms. The molecule has 170 valence electrons. The summed E-state index contributed by atoms with van der Waals surface area (Å²) in [5.74, 6) is -2.20. The van der Waals surface area contributed by atoms with Gasteiger partial charge in [-0.15, -0.1) is 0 Å². The van der Waals surface area contributed by atoms with E-state index in [0.717, 1.165) is 10.5 Å². The molecule has 0 bridgehead atoms. The van der Waals surface area contributed by atoms with Crippen LogP contribution in [0.5, 0.6) is 5.75 Å². The molecule has 0 aromatic heterocycles. The van der Waals surface area contributed by atoms with Crippen LogP contribution in [0.2, 0.25) is 0 Å². The van der Waals surface area contributed by atoms with Crippen LogP contribution in [0.15, 0.2) is 82.8 Å². The maximum absolute atomic E-state index is 13.0. The highest BCUT2D eigenvalue weighted by Gasteiger charge is 2.36. The highest BCUT2D eigenvalue weighted by Crippen LogP contribution is 2.29. The molecule has 0 atom stereocenters. The molecule has 1 heterocycles. The molecule has 3 aromatic rings. The Hall–Kier alpha value is -4.24. The number of urea groups is 1. The van der Waals surface area contributed by atoms with Crippen molar-refractivity contribution in [3.8, 4) is 5.75 Å². The molecule has 8 nitrogen and oxygen atoms in total. The largest absolute Gasteiger partial charge is 0.488 e. The van der Waals surface area contributed by atoms with E-state index in [4.69, 9.17) is 9.84 Å². The molecule has 1 fully saturated rings. The van der Waals surface area contributed by atoms with Crippen molar-refractivity contribution >= 4 is 51.5 Å². The van der Waals surface area contributed by atoms with Crippen LogP contribution in [0.1, 0.15) is 21.5 Å². The number of nitrogens with one attached hydrogen (secondary N) is 1. The Bertz CT molecular complexity index is 1320. The van der Waals surface area contributed by atoms with Crippen molar-refractivity contribution in [1.29, 1.82) is 0 Å². The van der Waals surface area contributed by atoms with Crippen molar-refractivity contribution in [2.75, 3.05) is 4.90 Å². The number of benzene rings is 3. The lowest BCUT2D eigenvalue weighted by atomic mass is 10.1. The van der Waals surface area contributed by atoms with Gasteiger partial charge in [-0.05, 0) is 69.5 Å². The van der Waals surface area contributed by atoms with Gasteiger partial charge in [0.15, 0.2) is 0 Å². The molecule has 3 aromatic carbocycles. The number of halogens is 1. The van der Waals surface area contributed by atoms with E-state index in [1.54, 1.807) is 18.2 Å². The summed E-state index contributed by atoms with van der Waals surface area (Å²) in [4.78, 5) is 49.6. The molecule has 4 amide bonds. The molecule has 1 saturated heterocycles. The van der Waals surface area contributed by atoms with Gasteiger partial charge < -0.3 is 9.84 Å². The zero-order valence-corrected chi connectivity index (χ0v) is 19.1. The van der Waals surface area contributed by atoms with Crippen LogP contribution in [0.25, 0.3) is 6.08 Å². The molecule has 0 radical (unpaired) electrons. The molecule has 0 saturated carbocycles. The Morgan fingerprint density at radius 1 is 1.00 bits per heavy atom. The van der Waals surface area contributed by atoms with Gasteiger partial charge in [0.25, 0.3) is 11.8 Å². The van der Waals surface area contributed by atoms with Crippen LogP contribution in [0.4, 0.5) is 10.5 Å². The molecular weight excluding hydrogens is 504 g/mol. The zero-order valence-electron chi connectivity index (χ0n) is 17.5. The van der Waals surface area contributed by atoms with Gasteiger partial charge in [0.1, 0.15) is 17.9 Å². The van der Waals surface area contributed by atoms with Gasteiger partial charge >= 0.3 is 12.0 Å². The molecule has 1 aliphatic heterocycles. The first-order valence-electron chi connectivity index (χ1n) is 10.0. The normalized spacial score (nSPS) is 14.8. The van der Waals surface area contributed by atoms with Gasteiger partial charge in [-0.3, -0.25) is 14.9 Å². The number of amides is 4. The minimum Gasteiger partial charge on any atom is -0.488 e. The third-order valence-electron chi connectivity index (χ3n) is 4.98. The summed E-state index contributed by atoms with van der Waals surface area (Å²) < 4.78 is 6.44. The highest BCUT2D eigenvalue weighted by molar-refractivity contribution is 9.10. The number of aromatic carboxylic acids is 1. The van der Waals surface area contributed by atoms with E-state index < -0.39 is 23.8 Å². The van der Waals surface area contributed by atoms with Gasteiger partial charge in [-0.2, -0.15) is 0 Å². The average molecular weight is 521 g/mol. The second kappa shape index (κ2) is 9.72. The molecule has 4 rings (SSSR count). The Kier molecular flexibility index (Phi) is 6.55. The fourth-order valence-electron chi connectivity index (χ4n) is 3.27. The first-order chi connectivity index (χ1) is 16.3. The highest BCUT2D eigenvalue weighted by atomic mass is 79.9. The summed E-state index contributed by atoms with van der Waals surface area (Å²) >= 11 is 3.44. The monoisotopic (exact) mass is 520 g/mol.